The highest BCUT2D eigenvalue weighted by Gasteiger charge is 2.28. The maximum absolute atomic E-state index is 13.1. The number of fused-ring (bicyclic) bond motifs is 1. The minimum absolute atomic E-state index is 0.108. The molecule has 1 aliphatic rings. The second-order valence-corrected chi connectivity index (χ2v) is 8.63. The van der Waals surface area contributed by atoms with Crippen LogP contribution >= 0.6 is 23.2 Å². The van der Waals surface area contributed by atoms with E-state index in [1.807, 2.05) is 42.2 Å². The van der Waals surface area contributed by atoms with Crippen molar-refractivity contribution >= 4 is 45.8 Å². The molecule has 0 saturated carbocycles. The number of furan rings is 1. The molecule has 33 heavy (non-hydrogen) atoms. The van der Waals surface area contributed by atoms with Crippen molar-refractivity contribution in [3.8, 4) is 5.69 Å². The predicted octanol–water partition coefficient (Wildman–Crippen LogP) is 4.56. The van der Waals surface area contributed by atoms with Gasteiger partial charge in [-0.3, -0.25) is 9.59 Å². The topological polar surface area (TPSA) is 71.6 Å². The fraction of sp³-hybridized carbons (Fsp3) is 0.208. The molecule has 9 heteroatoms. The van der Waals surface area contributed by atoms with Crippen LogP contribution in [0.5, 0.6) is 0 Å². The predicted molar refractivity (Wildman–Crippen MR) is 129 cm³/mol. The summed E-state index contributed by atoms with van der Waals surface area (Å²) in [4.78, 5) is 29.6. The van der Waals surface area contributed by atoms with E-state index < -0.39 is 0 Å². The minimum atomic E-state index is -0.381. The number of aryl methyl sites for hydroxylation is 1. The Morgan fingerprint density at radius 1 is 1.00 bits per heavy atom. The summed E-state index contributed by atoms with van der Waals surface area (Å²) in [5, 5.41) is 5.72. The zero-order chi connectivity index (χ0) is 23.1. The van der Waals surface area contributed by atoms with Crippen molar-refractivity contribution in [3.63, 3.8) is 0 Å². The summed E-state index contributed by atoms with van der Waals surface area (Å²) in [7, 11) is 0. The van der Waals surface area contributed by atoms with Gasteiger partial charge >= 0.3 is 0 Å². The van der Waals surface area contributed by atoms with Gasteiger partial charge in [-0.2, -0.15) is 9.78 Å². The lowest BCUT2D eigenvalue weighted by molar-refractivity contribution is 0.0716. The van der Waals surface area contributed by atoms with Crippen molar-refractivity contribution in [2.24, 2.45) is 0 Å². The summed E-state index contributed by atoms with van der Waals surface area (Å²) in [6, 6.07) is 14.6. The lowest BCUT2D eigenvalue weighted by Gasteiger charge is -2.35. The number of carbonyl (C=O) groups is 1. The molecule has 1 fully saturated rings. The summed E-state index contributed by atoms with van der Waals surface area (Å²) in [5.74, 6) is 0.125. The molecule has 0 spiro atoms. The number of anilines is 1. The van der Waals surface area contributed by atoms with Crippen molar-refractivity contribution in [2.75, 3.05) is 31.1 Å². The molecular weight excluding hydrogens is 463 g/mol. The van der Waals surface area contributed by atoms with Gasteiger partial charge in [0.25, 0.3) is 11.5 Å². The summed E-state index contributed by atoms with van der Waals surface area (Å²) < 4.78 is 7.11. The number of amides is 1. The first-order valence-corrected chi connectivity index (χ1v) is 11.3. The van der Waals surface area contributed by atoms with Crippen LogP contribution in [0.2, 0.25) is 10.0 Å². The van der Waals surface area contributed by atoms with Gasteiger partial charge in [0.2, 0.25) is 0 Å². The molecule has 1 saturated heterocycles. The molecule has 0 bridgehead atoms. The standard InChI is InChI=1S/C24H20Cl2N4O3/c1-15-17-8-5-9-18(25)22(17)33-21(15)24(32)29-12-10-28(11-13-29)19-14-27-30(23(31)20(19)26)16-6-3-2-4-7-16/h2-9,14H,10-13H2,1H3. The Labute approximate surface area is 199 Å². The Hall–Kier alpha value is -3.29. The molecule has 168 valence electrons. The molecule has 3 heterocycles. The molecule has 2 aromatic heterocycles. The number of carbonyl (C=O) groups excluding carboxylic acids is 1. The first kappa shape index (κ1) is 21.6. The Balaban J connectivity index is 1.34. The molecular formula is C24H20Cl2N4O3. The summed E-state index contributed by atoms with van der Waals surface area (Å²) in [6.45, 7) is 3.81. The first-order valence-electron chi connectivity index (χ1n) is 10.5. The van der Waals surface area contributed by atoms with E-state index in [-0.39, 0.29) is 16.5 Å². The second-order valence-electron chi connectivity index (χ2n) is 7.85. The van der Waals surface area contributed by atoms with Crippen LogP contribution in [-0.2, 0) is 0 Å². The third-order valence-corrected chi connectivity index (χ3v) is 6.57. The van der Waals surface area contributed by atoms with Gasteiger partial charge in [0, 0.05) is 37.1 Å². The minimum Gasteiger partial charge on any atom is -0.449 e. The lowest BCUT2D eigenvalue weighted by atomic mass is 10.1. The van der Waals surface area contributed by atoms with Gasteiger partial charge in [0.1, 0.15) is 5.02 Å². The molecule has 0 aliphatic carbocycles. The number of hydrogen-bond acceptors (Lipinski definition) is 5. The lowest BCUT2D eigenvalue weighted by Crippen LogP contribution is -2.49. The molecule has 1 aliphatic heterocycles. The second kappa shape index (κ2) is 8.57. The van der Waals surface area contributed by atoms with Crippen LogP contribution in [0.15, 0.2) is 63.9 Å². The van der Waals surface area contributed by atoms with Gasteiger partial charge in [-0.25, -0.2) is 0 Å². The van der Waals surface area contributed by atoms with Crippen LogP contribution in [-0.4, -0.2) is 46.8 Å². The van der Waals surface area contributed by atoms with Crippen molar-refractivity contribution in [1.29, 1.82) is 0 Å². The van der Waals surface area contributed by atoms with E-state index >= 15 is 0 Å². The zero-order valence-corrected chi connectivity index (χ0v) is 19.3. The Kier molecular flexibility index (Phi) is 5.60. The van der Waals surface area contributed by atoms with Crippen LogP contribution < -0.4 is 10.5 Å². The van der Waals surface area contributed by atoms with Gasteiger partial charge < -0.3 is 14.2 Å². The molecule has 0 unspecified atom stereocenters. The van der Waals surface area contributed by atoms with Crippen LogP contribution in [0.1, 0.15) is 16.1 Å². The fourth-order valence-electron chi connectivity index (χ4n) is 4.10. The average molecular weight is 483 g/mol. The van der Waals surface area contributed by atoms with E-state index in [9.17, 15) is 9.59 Å². The highest BCUT2D eigenvalue weighted by Crippen LogP contribution is 2.32. The quantitative estimate of drug-likeness (QED) is 0.428. The Morgan fingerprint density at radius 2 is 1.73 bits per heavy atom. The van der Waals surface area contributed by atoms with Gasteiger partial charge in [-0.05, 0) is 25.1 Å². The van der Waals surface area contributed by atoms with Crippen molar-refractivity contribution in [1.82, 2.24) is 14.7 Å². The van der Waals surface area contributed by atoms with E-state index in [2.05, 4.69) is 5.10 Å². The van der Waals surface area contributed by atoms with E-state index in [1.165, 1.54) is 4.68 Å². The molecule has 2 aromatic carbocycles. The molecule has 0 radical (unpaired) electrons. The van der Waals surface area contributed by atoms with E-state index in [0.29, 0.717) is 53.9 Å². The third kappa shape index (κ3) is 3.77. The fourth-order valence-corrected chi connectivity index (χ4v) is 4.57. The number of benzene rings is 2. The van der Waals surface area contributed by atoms with E-state index in [0.717, 1.165) is 10.9 Å². The van der Waals surface area contributed by atoms with E-state index in [1.54, 1.807) is 29.3 Å². The monoisotopic (exact) mass is 482 g/mol. The average Bonchev–Trinajstić information content (AvgIpc) is 3.19. The van der Waals surface area contributed by atoms with E-state index in [4.69, 9.17) is 27.6 Å². The normalized spacial score (nSPS) is 14.2. The molecule has 7 nitrogen and oxygen atoms in total. The van der Waals surface area contributed by atoms with Crippen LogP contribution in [0.25, 0.3) is 16.7 Å². The number of hydrogen-bond donors (Lipinski definition) is 0. The number of para-hydroxylation sites is 2. The first-order chi connectivity index (χ1) is 16.0. The summed E-state index contributed by atoms with van der Waals surface area (Å²) in [6.07, 6.45) is 1.60. The Morgan fingerprint density at radius 3 is 2.42 bits per heavy atom. The van der Waals surface area contributed by atoms with Gasteiger partial charge in [-0.15, -0.1) is 0 Å². The summed E-state index contributed by atoms with van der Waals surface area (Å²) in [5.41, 5.74) is 2.13. The van der Waals surface area contributed by atoms with Crippen molar-refractivity contribution in [2.45, 2.75) is 6.92 Å². The number of rotatable bonds is 3. The number of aromatic nitrogens is 2. The number of piperazine rings is 1. The third-order valence-electron chi connectivity index (χ3n) is 5.92. The van der Waals surface area contributed by atoms with Crippen LogP contribution in [0.3, 0.4) is 0 Å². The largest absolute Gasteiger partial charge is 0.449 e. The maximum atomic E-state index is 13.1. The molecule has 1 amide bonds. The Bertz CT molecular complexity index is 1410. The van der Waals surface area contributed by atoms with Crippen LogP contribution in [0, 0.1) is 6.92 Å². The molecule has 0 atom stereocenters. The number of halogens is 2. The highest BCUT2D eigenvalue weighted by molar-refractivity contribution is 6.35. The van der Waals surface area contributed by atoms with Gasteiger partial charge in [0.05, 0.1) is 22.6 Å². The van der Waals surface area contributed by atoms with Crippen LogP contribution in [0.4, 0.5) is 5.69 Å². The SMILES string of the molecule is Cc1c(C(=O)N2CCN(c3cnn(-c4ccccc4)c(=O)c3Cl)CC2)oc2c(Cl)cccc12. The van der Waals surface area contributed by atoms with Crippen molar-refractivity contribution < 1.29 is 9.21 Å². The highest BCUT2D eigenvalue weighted by atomic mass is 35.5. The maximum Gasteiger partial charge on any atom is 0.292 e. The summed E-state index contributed by atoms with van der Waals surface area (Å²) >= 11 is 12.7. The van der Waals surface area contributed by atoms with Gasteiger partial charge in [0.15, 0.2) is 11.3 Å². The molecule has 0 N–H and O–H groups in total. The molecule has 5 rings (SSSR count). The smallest absolute Gasteiger partial charge is 0.292 e. The van der Waals surface area contributed by atoms with Gasteiger partial charge in [-0.1, -0.05) is 53.5 Å². The number of nitrogens with zero attached hydrogens (tertiary/aromatic N) is 4. The molecule has 4 aromatic rings. The zero-order valence-electron chi connectivity index (χ0n) is 17.8. The van der Waals surface area contributed by atoms with Crippen molar-refractivity contribution in [3.05, 3.63) is 86.5 Å².